The molecule has 0 radical (unpaired) electrons. The first-order valence-electron chi connectivity index (χ1n) is 9.95. The van der Waals surface area contributed by atoms with Crippen LogP contribution in [0.5, 0.6) is 0 Å². The van der Waals surface area contributed by atoms with Crippen molar-refractivity contribution in [3.05, 3.63) is 0 Å². The smallest absolute Gasteiger partial charge is 0.303 e. The number of aliphatic carboxylic acids is 1. The van der Waals surface area contributed by atoms with Crippen molar-refractivity contribution in [3.8, 4) is 0 Å². The fraction of sp³-hybridized carbons (Fsp3) is 0.955. The summed E-state index contributed by atoms with van der Waals surface area (Å²) in [5.41, 5.74) is 0. The van der Waals surface area contributed by atoms with Gasteiger partial charge >= 0.3 is 5.97 Å². The van der Waals surface area contributed by atoms with Gasteiger partial charge in [0.1, 0.15) is 0 Å². The van der Waals surface area contributed by atoms with Gasteiger partial charge in [-0.25, -0.2) is 0 Å². The van der Waals surface area contributed by atoms with Gasteiger partial charge in [-0.05, 0) is 18.3 Å². The number of rotatable bonds is 14. The molecule has 0 heterocycles. The van der Waals surface area contributed by atoms with E-state index in [-0.39, 0.29) is 14.9 Å². The Balaban J connectivity index is 0. The van der Waals surface area contributed by atoms with Gasteiger partial charge in [0.05, 0.1) is 0 Å². The van der Waals surface area contributed by atoms with Crippen molar-refractivity contribution in [3.63, 3.8) is 0 Å². The highest BCUT2D eigenvalue weighted by molar-refractivity contribution is 5.66. The monoisotopic (exact) mass is 342 g/mol. The zero-order valence-electron chi connectivity index (χ0n) is 14.8. The molecule has 1 rings (SSSR count). The summed E-state index contributed by atoms with van der Waals surface area (Å²) in [5.74, 6) is 1.34. The minimum absolute atomic E-state index is 0. The van der Waals surface area contributed by atoms with Crippen LogP contribution in [0.2, 0.25) is 0 Å². The molecule has 1 fully saturated rings. The number of unbranched alkanes of at least 4 members (excludes halogenated alkanes) is 8. The second-order valence-electron chi connectivity index (χ2n) is 7.35. The van der Waals surface area contributed by atoms with E-state index in [0.29, 0.717) is 6.42 Å². The van der Waals surface area contributed by atoms with Crippen LogP contribution in [0.1, 0.15) is 125 Å². The fourth-order valence-corrected chi connectivity index (χ4v) is 4.10. The van der Waals surface area contributed by atoms with Crippen LogP contribution < -0.4 is 0 Å². The molecule has 2 nitrogen and oxygen atoms in total. The molecule has 2 atom stereocenters. The van der Waals surface area contributed by atoms with E-state index in [4.69, 9.17) is 5.11 Å². The van der Waals surface area contributed by atoms with Crippen LogP contribution in [0.25, 0.3) is 0 Å². The summed E-state index contributed by atoms with van der Waals surface area (Å²) in [6, 6.07) is 0. The Hall–Kier alpha value is -0.530. The molecule has 0 saturated heterocycles. The predicted octanol–water partition coefficient (Wildman–Crippen LogP) is 7.85. The van der Waals surface area contributed by atoms with Gasteiger partial charge in [0.25, 0.3) is 0 Å². The molecule has 1 saturated carbocycles. The number of carboxylic acids is 1. The molecular formula is C22H46O2. The average Bonchev–Trinajstić information content (AvgIpc) is 2.93. The Bertz CT molecular complexity index is 275. The van der Waals surface area contributed by atoms with Crippen LogP contribution in [-0.2, 0) is 4.79 Å². The fourth-order valence-electron chi connectivity index (χ4n) is 4.10. The van der Waals surface area contributed by atoms with Crippen LogP contribution in [0.4, 0.5) is 0 Å². The van der Waals surface area contributed by atoms with Crippen molar-refractivity contribution < 1.29 is 9.90 Å². The molecule has 146 valence electrons. The SMILES string of the molecule is C.C.CCCCCCCCC1CCCC1CCCCCCC(=O)O. The third-order valence-corrected chi connectivity index (χ3v) is 5.46. The largest absolute Gasteiger partial charge is 0.481 e. The first kappa shape index (κ1) is 25.7. The van der Waals surface area contributed by atoms with Gasteiger partial charge in [0, 0.05) is 6.42 Å². The number of carboxylic acid groups (broad SMARTS) is 1. The average molecular weight is 343 g/mol. The van der Waals surface area contributed by atoms with Gasteiger partial charge in [0.15, 0.2) is 0 Å². The van der Waals surface area contributed by atoms with Gasteiger partial charge in [-0.1, -0.05) is 112 Å². The van der Waals surface area contributed by atoms with Crippen LogP contribution in [0, 0.1) is 11.8 Å². The van der Waals surface area contributed by atoms with Gasteiger partial charge in [0.2, 0.25) is 0 Å². The Morgan fingerprint density at radius 1 is 0.792 bits per heavy atom. The van der Waals surface area contributed by atoms with Crippen LogP contribution >= 0.6 is 0 Å². The lowest BCUT2D eigenvalue weighted by molar-refractivity contribution is -0.137. The highest BCUT2D eigenvalue weighted by Gasteiger charge is 2.25. The first-order valence-corrected chi connectivity index (χ1v) is 9.95. The van der Waals surface area contributed by atoms with E-state index in [2.05, 4.69) is 6.92 Å². The summed E-state index contributed by atoms with van der Waals surface area (Å²) in [6.07, 6.45) is 20.6. The van der Waals surface area contributed by atoms with E-state index in [1.807, 2.05) is 0 Å². The Morgan fingerprint density at radius 3 is 1.75 bits per heavy atom. The molecule has 0 aliphatic heterocycles. The molecule has 24 heavy (non-hydrogen) atoms. The van der Waals surface area contributed by atoms with E-state index in [1.54, 1.807) is 0 Å². The quantitative estimate of drug-likeness (QED) is 0.326. The maximum absolute atomic E-state index is 10.5. The first-order chi connectivity index (χ1) is 10.7. The lowest BCUT2D eigenvalue weighted by atomic mass is 9.86. The van der Waals surface area contributed by atoms with Crippen molar-refractivity contribution >= 4 is 5.97 Å². The van der Waals surface area contributed by atoms with Crippen molar-refractivity contribution in [1.82, 2.24) is 0 Å². The molecular weight excluding hydrogens is 296 g/mol. The van der Waals surface area contributed by atoms with Crippen LogP contribution in [0.15, 0.2) is 0 Å². The van der Waals surface area contributed by atoms with Gasteiger partial charge in [-0.15, -0.1) is 0 Å². The molecule has 0 amide bonds. The molecule has 2 heteroatoms. The zero-order chi connectivity index (χ0) is 16.0. The number of hydrogen-bond acceptors (Lipinski definition) is 1. The molecule has 0 aromatic rings. The second kappa shape index (κ2) is 17.3. The Morgan fingerprint density at radius 2 is 1.25 bits per heavy atom. The van der Waals surface area contributed by atoms with Gasteiger partial charge in [-0.2, -0.15) is 0 Å². The van der Waals surface area contributed by atoms with Gasteiger partial charge in [-0.3, -0.25) is 4.79 Å². The molecule has 2 unspecified atom stereocenters. The van der Waals surface area contributed by atoms with Gasteiger partial charge < -0.3 is 5.11 Å². The van der Waals surface area contributed by atoms with Crippen molar-refractivity contribution in [2.45, 2.75) is 125 Å². The molecule has 0 aromatic carbocycles. The normalized spacial score (nSPS) is 19.5. The van der Waals surface area contributed by atoms with E-state index in [9.17, 15) is 4.79 Å². The van der Waals surface area contributed by atoms with E-state index in [1.165, 1.54) is 83.5 Å². The molecule has 0 aromatic heterocycles. The lowest BCUT2D eigenvalue weighted by Crippen LogP contribution is -2.08. The summed E-state index contributed by atoms with van der Waals surface area (Å²) in [4.78, 5) is 10.5. The minimum atomic E-state index is -0.644. The second-order valence-corrected chi connectivity index (χ2v) is 7.35. The highest BCUT2D eigenvalue weighted by atomic mass is 16.4. The summed E-state index contributed by atoms with van der Waals surface area (Å²) < 4.78 is 0. The number of hydrogen-bond donors (Lipinski definition) is 1. The summed E-state index contributed by atoms with van der Waals surface area (Å²) >= 11 is 0. The predicted molar refractivity (Wildman–Crippen MR) is 108 cm³/mol. The maximum Gasteiger partial charge on any atom is 0.303 e. The summed E-state index contributed by atoms with van der Waals surface area (Å²) in [6.45, 7) is 2.28. The van der Waals surface area contributed by atoms with Crippen molar-refractivity contribution in [1.29, 1.82) is 0 Å². The maximum atomic E-state index is 10.5. The summed E-state index contributed by atoms with van der Waals surface area (Å²) in [7, 11) is 0. The number of carbonyl (C=O) groups is 1. The Kier molecular flexibility index (Phi) is 18.5. The topological polar surface area (TPSA) is 37.3 Å². The molecule has 1 aliphatic rings. The highest BCUT2D eigenvalue weighted by Crippen LogP contribution is 2.38. The van der Waals surface area contributed by atoms with Crippen molar-refractivity contribution in [2.24, 2.45) is 11.8 Å². The molecule has 1 N–H and O–H groups in total. The van der Waals surface area contributed by atoms with E-state index < -0.39 is 5.97 Å². The Labute approximate surface area is 152 Å². The van der Waals surface area contributed by atoms with E-state index >= 15 is 0 Å². The molecule has 0 bridgehead atoms. The molecule has 0 spiro atoms. The van der Waals surface area contributed by atoms with Crippen molar-refractivity contribution in [2.75, 3.05) is 0 Å². The molecule has 1 aliphatic carbocycles. The third kappa shape index (κ3) is 12.8. The zero-order valence-corrected chi connectivity index (χ0v) is 14.8. The summed E-state index contributed by atoms with van der Waals surface area (Å²) in [5, 5.41) is 8.63. The standard InChI is InChI=1S/C20H38O2.2CH4/c1-2-3-4-5-6-9-13-18-15-12-16-19(18)14-10-7-8-11-17-20(21)22;;/h18-19H,2-17H2,1H3,(H,21,22);2*1H4. The van der Waals surface area contributed by atoms with Crippen LogP contribution in [-0.4, -0.2) is 11.1 Å². The third-order valence-electron chi connectivity index (χ3n) is 5.46. The minimum Gasteiger partial charge on any atom is -0.481 e. The lowest BCUT2D eigenvalue weighted by Gasteiger charge is -2.19. The van der Waals surface area contributed by atoms with Crippen LogP contribution in [0.3, 0.4) is 0 Å². The van der Waals surface area contributed by atoms with E-state index in [0.717, 1.165) is 24.7 Å².